The fraction of sp³-hybridized carbons (Fsp3) is 1.00. The van der Waals surface area contributed by atoms with Gasteiger partial charge in [-0.25, -0.2) is 0 Å². The molecule has 1 aliphatic carbocycles. The number of epoxide rings is 1. The summed E-state index contributed by atoms with van der Waals surface area (Å²) in [6.07, 6.45) is 4.47. The van der Waals surface area contributed by atoms with E-state index in [-0.39, 0.29) is 12.7 Å². The summed E-state index contributed by atoms with van der Waals surface area (Å²) < 4.78 is 5.32. The van der Waals surface area contributed by atoms with E-state index in [9.17, 15) is 0 Å². The average molecular weight is 142 g/mol. The minimum Gasteiger partial charge on any atom is -0.394 e. The van der Waals surface area contributed by atoms with Crippen molar-refractivity contribution in [2.24, 2.45) is 5.41 Å². The fourth-order valence-corrected chi connectivity index (χ4v) is 1.91. The molecule has 58 valence electrons. The van der Waals surface area contributed by atoms with Crippen LogP contribution in [0.5, 0.6) is 0 Å². The van der Waals surface area contributed by atoms with Crippen molar-refractivity contribution in [2.75, 3.05) is 6.61 Å². The number of rotatable bonds is 2. The van der Waals surface area contributed by atoms with Crippen molar-refractivity contribution in [2.45, 2.75) is 38.4 Å². The minimum absolute atomic E-state index is 0.172. The number of ether oxygens (including phenoxy) is 1. The number of aliphatic hydroxyl groups excluding tert-OH is 1. The van der Waals surface area contributed by atoms with Crippen molar-refractivity contribution < 1.29 is 9.84 Å². The van der Waals surface area contributed by atoms with Crippen LogP contribution in [-0.2, 0) is 4.74 Å². The second-order valence-corrected chi connectivity index (χ2v) is 3.79. The Bertz CT molecular complexity index is 140. The molecule has 2 fully saturated rings. The predicted molar refractivity (Wildman–Crippen MR) is 37.7 cm³/mol. The Balaban J connectivity index is 1.90. The molecule has 2 nitrogen and oxygen atoms in total. The Morgan fingerprint density at radius 2 is 2.30 bits per heavy atom. The van der Waals surface area contributed by atoms with E-state index in [1.54, 1.807) is 0 Å². The van der Waals surface area contributed by atoms with Crippen molar-refractivity contribution in [1.29, 1.82) is 0 Å². The van der Waals surface area contributed by atoms with Crippen LogP contribution in [0.1, 0.15) is 26.2 Å². The molecule has 0 aromatic heterocycles. The Hall–Kier alpha value is -0.0800. The molecule has 1 N–H and O–H groups in total. The summed E-state index contributed by atoms with van der Waals surface area (Å²) in [7, 11) is 0. The molecule has 2 atom stereocenters. The molecule has 2 aliphatic rings. The van der Waals surface area contributed by atoms with E-state index in [4.69, 9.17) is 9.84 Å². The van der Waals surface area contributed by atoms with Crippen LogP contribution < -0.4 is 0 Å². The molecule has 0 radical (unpaired) electrons. The molecule has 1 heterocycles. The van der Waals surface area contributed by atoms with Gasteiger partial charge >= 0.3 is 0 Å². The number of aliphatic hydroxyl groups is 1. The van der Waals surface area contributed by atoms with E-state index in [1.807, 2.05) is 0 Å². The second-order valence-electron chi connectivity index (χ2n) is 3.79. The van der Waals surface area contributed by atoms with Gasteiger partial charge in [0.1, 0.15) is 6.10 Å². The van der Waals surface area contributed by atoms with E-state index in [0.29, 0.717) is 11.5 Å². The topological polar surface area (TPSA) is 32.8 Å². The van der Waals surface area contributed by atoms with E-state index >= 15 is 0 Å². The van der Waals surface area contributed by atoms with Crippen molar-refractivity contribution in [3.05, 3.63) is 0 Å². The van der Waals surface area contributed by atoms with Crippen LogP contribution in [0, 0.1) is 5.41 Å². The van der Waals surface area contributed by atoms with E-state index in [1.165, 1.54) is 19.3 Å². The summed E-state index contributed by atoms with van der Waals surface area (Å²) in [5.41, 5.74) is 0.424. The van der Waals surface area contributed by atoms with Crippen molar-refractivity contribution in [3.8, 4) is 0 Å². The van der Waals surface area contributed by atoms with Gasteiger partial charge in [-0.15, -0.1) is 0 Å². The largest absolute Gasteiger partial charge is 0.394 e. The molecule has 0 unspecified atom stereocenters. The quantitative estimate of drug-likeness (QED) is 0.582. The molecule has 0 amide bonds. The van der Waals surface area contributed by atoms with Gasteiger partial charge in [0.2, 0.25) is 0 Å². The minimum atomic E-state index is 0.172. The third kappa shape index (κ3) is 0.789. The van der Waals surface area contributed by atoms with Crippen LogP contribution in [0.3, 0.4) is 0 Å². The Labute approximate surface area is 61.2 Å². The molecule has 2 rings (SSSR count). The first-order valence-corrected chi connectivity index (χ1v) is 4.02. The third-order valence-corrected chi connectivity index (χ3v) is 2.95. The third-order valence-electron chi connectivity index (χ3n) is 2.95. The van der Waals surface area contributed by atoms with E-state index in [0.717, 1.165) is 0 Å². The molecule has 2 heteroatoms. The summed E-state index contributed by atoms with van der Waals surface area (Å²) in [5.74, 6) is 0. The maximum absolute atomic E-state index is 8.73. The maximum atomic E-state index is 8.73. The van der Waals surface area contributed by atoms with Crippen molar-refractivity contribution in [3.63, 3.8) is 0 Å². The van der Waals surface area contributed by atoms with Gasteiger partial charge in [-0.1, -0.05) is 13.3 Å². The Kier molecular flexibility index (Phi) is 1.29. The normalized spacial score (nSPS) is 42.6. The number of hydrogen-bond donors (Lipinski definition) is 1. The van der Waals surface area contributed by atoms with Crippen LogP contribution >= 0.6 is 0 Å². The lowest BCUT2D eigenvalue weighted by Gasteiger charge is -2.37. The molecule has 0 aromatic carbocycles. The molecule has 0 spiro atoms. The zero-order valence-electron chi connectivity index (χ0n) is 6.34. The van der Waals surface area contributed by atoms with Gasteiger partial charge in [0.15, 0.2) is 0 Å². The van der Waals surface area contributed by atoms with Gasteiger partial charge in [-0.2, -0.15) is 0 Å². The highest BCUT2D eigenvalue weighted by Gasteiger charge is 2.53. The molecule has 0 bridgehead atoms. The summed E-state index contributed by atoms with van der Waals surface area (Å²) in [6, 6.07) is 0. The van der Waals surface area contributed by atoms with E-state index < -0.39 is 0 Å². The van der Waals surface area contributed by atoms with Crippen molar-refractivity contribution in [1.82, 2.24) is 0 Å². The van der Waals surface area contributed by atoms with Crippen LogP contribution in [0.15, 0.2) is 0 Å². The second kappa shape index (κ2) is 1.95. The molecule has 1 aliphatic heterocycles. The number of hydrogen-bond acceptors (Lipinski definition) is 2. The lowest BCUT2D eigenvalue weighted by molar-refractivity contribution is 0.109. The van der Waals surface area contributed by atoms with Gasteiger partial charge in [-0.3, -0.25) is 0 Å². The summed E-state index contributed by atoms with van der Waals surface area (Å²) in [6.45, 7) is 2.47. The molecule has 1 saturated carbocycles. The highest BCUT2D eigenvalue weighted by atomic mass is 16.6. The SMILES string of the molecule is CC1([C@H]2O[C@@H]2CO)CCC1. The van der Waals surface area contributed by atoms with Gasteiger partial charge < -0.3 is 9.84 Å². The van der Waals surface area contributed by atoms with Crippen LogP contribution in [0.2, 0.25) is 0 Å². The molecular weight excluding hydrogens is 128 g/mol. The first-order valence-electron chi connectivity index (χ1n) is 4.02. The Morgan fingerprint density at radius 1 is 1.60 bits per heavy atom. The monoisotopic (exact) mass is 142 g/mol. The van der Waals surface area contributed by atoms with Gasteiger partial charge in [-0.05, 0) is 18.3 Å². The standard InChI is InChI=1S/C8H14O2/c1-8(3-2-4-8)7-6(5-9)10-7/h6-7,9H,2-5H2,1H3/t6-,7+/m1/s1. The van der Waals surface area contributed by atoms with Gasteiger partial charge in [0.05, 0.1) is 12.7 Å². The van der Waals surface area contributed by atoms with E-state index in [2.05, 4.69) is 6.92 Å². The van der Waals surface area contributed by atoms with Crippen LogP contribution in [0.4, 0.5) is 0 Å². The zero-order chi connectivity index (χ0) is 7.19. The molecule has 10 heavy (non-hydrogen) atoms. The molecule has 1 saturated heterocycles. The lowest BCUT2D eigenvalue weighted by atomic mass is 9.67. The van der Waals surface area contributed by atoms with Crippen LogP contribution in [-0.4, -0.2) is 23.9 Å². The summed E-state index contributed by atoms with van der Waals surface area (Å²) in [5, 5.41) is 8.73. The molecule has 0 aromatic rings. The fourth-order valence-electron chi connectivity index (χ4n) is 1.91. The van der Waals surface area contributed by atoms with Crippen LogP contribution in [0.25, 0.3) is 0 Å². The van der Waals surface area contributed by atoms with Gasteiger partial charge in [0, 0.05) is 0 Å². The predicted octanol–water partition coefficient (Wildman–Crippen LogP) is 0.936. The first-order chi connectivity index (χ1) is 4.76. The van der Waals surface area contributed by atoms with Crippen molar-refractivity contribution >= 4 is 0 Å². The highest BCUT2D eigenvalue weighted by molar-refractivity contribution is 5.01. The first kappa shape index (κ1) is 6.62. The Morgan fingerprint density at radius 3 is 2.60 bits per heavy atom. The molecular formula is C8H14O2. The summed E-state index contributed by atoms with van der Waals surface area (Å²) >= 11 is 0. The highest BCUT2D eigenvalue weighted by Crippen LogP contribution is 2.51. The average Bonchev–Trinajstić information content (AvgIpc) is 2.61. The summed E-state index contributed by atoms with van der Waals surface area (Å²) in [4.78, 5) is 0. The van der Waals surface area contributed by atoms with Gasteiger partial charge in [0.25, 0.3) is 0 Å². The lowest BCUT2D eigenvalue weighted by Crippen LogP contribution is -2.33. The zero-order valence-corrected chi connectivity index (χ0v) is 6.34. The smallest absolute Gasteiger partial charge is 0.108 e. The maximum Gasteiger partial charge on any atom is 0.108 e.